The number of rotatable bonds is 5. The van der Waals surface area contributed by atoms with Crippen molar-refractivity contribution in [2.24, 2.45) is 0 Å². The third-order valence-electron chi connectivity index (χ3n) is 4.09. The first kappa shape index (κ1) is 11.5. The number of nitrogens with zero attached hydrogens (tertiary/aromatic N) is 1. The van der Waals surface area contributed by atoms with Crippen LogP contribution in [-0.4, -0.2) is 48.2 Å². The van der Waals surface area contributed by atoms with Gasteiger partial charge < -0.3 is 4.74 Å². The van der Waals surface area contributed by atoms with Crippen LogP contribution in [-0.2, 0) is 9.53 Å². The molecule has 17 heavy (non-hydrogen) atoms. The molecule has 0 aromatic rings. The summed E-state index contributed by atoms with van der Waals surface area (Å²) >= 11 is 0. The number of likely N-dealkylation sites (tertiary alicyclic amines) is 1. The molecule has 0 aromatic heterocycles. The van der Waals surface area contributed by atoms with E-state index in [2.05, 4.69) is 10.2 Å². The van der Waals surface area contributed by atoms with Crippen molar-refractivity contribution in [3.63, 3.8) is 0 Å². The van der Waals surface area contributed by atoms with Crippen LogP contribution in [0.25, 0.3) is 0 Å². The number of carbonyl (C=O) groups excluding carboxylic acids is 1. The number of ether oxygens (including phenoxy) is 1. The van der Waals surface area contributed by atoms with E-state index in [0.717, 1.165) is 25.6 Å². The van der Waals surface area contributed by atoms with Crippen molar-refractivity contribution in [2.45, 2.75) is 56.7 Å². The molecule has 0 amide bonds. The molecule has 0 bridgehead atoms. The van der Waals surface area contributed by atoms with Crippen LogP contribution in [0.4, 0.5) is 0 Å². The van der Waals surface area contributed by atoms with E-state index in [0.29, 0.717) is 12.6 Å². The van der Waals surface area contributed by atoms with E-state index in [4.69, 9.17) is 4.74 Å². The second-order valence-electron chi connectivity index (χ2n) is 5.67. The summed E-state index contributed by atoms with van der Waals surface area (Å²) in [6.07, 6.45) is 5.96. The molecule has 4 heteroatoms. The normalized spacial score (nSPS) is 33.9. The van der Waals surface area contributed by atoms with Gasteiger partial charge in [-0.2, -0.15) is 0 Å². The molecule has 96 valence electrons. The maximum absolute atomic E-state index is 12.2. The molecule has 1 heterocycles. The third kappa shape index (κ3) is 2.33. The van der Waals surface area contributed by atoms with E-state index in [9.17, 15) is 4.79 Å². The standard InChI is InChI=1S/C13H22N2O2/c1-2-17-12(16)13(14-10-3-4-10)7-8-15(9-13)11-5-6-11/h10-11,14H,2-9H2,1H3. The van der Waals surface area contributed by atoms with Gasteiger partial charge in [-0.3, -0.25) is 10.2 Å². The summed E-state index contributed by atoms with van der Waals surface area (Å²) in [5, 5.41) is 3.55. The lowest BCUT2D eigenvalue weighted by atomic mass is 9.98. The second-order valence-corrected chi connectivity index (χ2v) is 5.67. The predicted octanol–water partition coefficient (Wildman–Crippen LogP) is 0.908. The zero-order valence-electron chi connectivity index (χ0n) is 10.6. The fourth-order valence-corrected chi connectivity index (χ4v) is 2.82. The molecule has 0 aromatic carbocycles. The molecule has 1 atom stereocenters. The summed E-state index contributed by atoms with van der Waals surface area (Å²) in [5.74, 6) is -0.0324. The van der Waals surface area contributed by atoms with E-state index in [-0.39, 0.29) is 5.97 Å². The van der Waals surface area contributed by atoms with Crippen molar-refractivity contribution in [3.05, 3.63) is 0 Å². The largest absolute Gasteiger partial charge is 0.465 e. The van der Waals surface area contributed by atoms with Gasteiger partial charge in [0.25, 0.3) is 0 Å². The molecule has 4 nitrogen and oxygen atoms in total. The van der Waals surface area contributed by atoms with Crippen molar-refractivity contribution >= 4 is 5.97 Å². The molecule has 0 radical (unpaired) electrons. The quantitative estimate of drug-likeness (QED) is 0.723. The van der Waals surface area contributed by atoms with Crippen molar-refractivity contribution < 1.29 is 9.53 Å². The van der Waals surface area contributed by atoms with Gasteiger partial charge in [0.15, 0.2) is 0 Å². The molecular formula is C13H22N2O2. The van der Waals surface area contributed by atoms with Crippen LogP contribution in [0.2, 0.25) is 0 Å². The maximum atomic E-state index is 12.2. The monoisotopic (exact) mass is 238 g/mol. The highest BCUT2D eigenvalue weighted by Gasteiger charge is 2.50. The molecule has 3 fully saturated rings. The van der Waals surface area contributed by atoms with Crippen molar-refractivity contribution in [3.8, 4) is 0 Å². The topological polar surface area (TPSA) is 41.6 Å². The Morgan fingerprint density at radius 1 is 1.41 bits per heavy atom. The van der Waals surface area contributed by atoms with Crippen molar-refractivity contribution in [1.29, 1.82) is 0 Å². The van der Waals surface area contributed by atoms with Crippen LogP contribution in [0.3, 0.4) is 0 Å². The Balaban J connectivity index is 1.69. The summed E-state index contributed by atoms with van der Waals surface area (Å²) < 4.78 is 5.28. The molecule has 2 saturated carbocycles. The van der Waals surface area contributed by atoms with Gasteiger partial charge in [-0.15, -0.1) is 0 Å². The first-order chi connectivity index (χ1) is 8.23. The molecule has 3 rings (SSSR count). The minimum Gasteiger partial charge on any atom is -0.465 e. The smallest absolute Gasteiger partial charge is 0.327 e. The summed E-state index contributed by atoms with van der Waals surface area (Å²) in [5.41, 5.74) is -0.403. The Bertz CT molecular complexity index is 313. The van der Waals surface area contributed by atoms with Crippen molar-refractivity contribution in [1.82, 2.24) is 10.2 Å². The highest BCUT2D eigenvalue weighted by atomic mass is 16.5. The molecule has 0 spiro atoms. The zero-order valence-corrected chi connectivity index (χ0v) is 10.6. The Kier molecular flexibility index (Phi) is 2.87. The average molecular weight is 238 g/mol. The van der Waals surface area contributed by atoms with Gasteiger partial charge in [0, 0.05) is 25.2 Å². The Morgan fingerprint density at radius 2 is 2.18 bits per heavy atom. The molecular weight excluding hydrogens is 216 g/mol. The van der Waals surface area contributed by atoms with Crippen molar-refractivity contribution in [2.75, 3.05) is 19.7 Å². The highest BCUT2D eigenvalue weighted by molar-refractivity contribution is 5.82. The first-order valence-corrected chi connectivity index (χ1v) is 6.92. The van der Waals surface area contributed by atoms with Gasteiger partial charge in [-0.05, 0) is 39.0 Å². The van der Waals surface area contributed by atoms with Crippen LogP contribution in [0.1, 0.15) is 39.0 Å². The molecule has 1 saturated heterocycles. The van der Waals surface area contributed by atoms with Crippen LogP contribution < -0.4 is 5.32 Å². The lowest BCUT2D eigenvalue weighted by Crippen LogP contribution is -2.55. The van der Waals surface area contributed by atoms with Gasteiger partial charge >= 0.3 is 5.97 Å². The van der Waals surface area contributed by atoms with Gasteiger partial charge in [0.1, 0.15) is 5.54 Å². The zero-order chi connectivity index (χ0) is 11.9. The van der Waals surface area contributed by atoms with Gasteiger partial charge in [0.2, 0.25) is 0 Å². The molecule has 1 N–H and O–H groups in total. The summed E-state index contributed by atoms with van der Waals surface area (Å²) in [7, 11) is 0. The molecule has 3 aliphatic rings. The molecule has 1 aliphatic heterocycles. The molecule has 1 unspecified atom stereocenters. The minimum atomic E-state index is -0.403. The Morgan fingerprint density at radius 3 is 2.76 bits per heavy atom. The fraction of sp³-hybridized carbons (Fsp3) is 0.923. The fourth-order valence-electron chi connectivity index (χ4n) is 2.82. The summed E-state index contributed by atoms with van der Waals surface area (Å²) in [6, 6.07) is 1.30. The average Bonchev–Trinajstić information content (AvgIpc) is 3.20. The van der Waals surface area contributed by atoms with Gasteiger partial charge in [0.05, 0.1) is 6.61 Å². The summed E-state index contributed by atoms with van der Waals surface area (Å²) in [4.78, 5) is 14.7. The van der Waals surface area contributed by atoms with Crippen LogP contribution >= 0.6 is 0 Å². The van der Waals surface area contributed by atoms with E-state index in [1.807, 2.05) is 6.92 Å². The van der Waals surface area contributed by atoms with E-state index >= 15 is 0 Å². The SMILES string of the molecule is CCOC(=O)C1(NC2CC2)CCN(C2CC2)C1. The van der Waals surface area contributed by atoms with Crippen LogP contribution in [0, 0.1) is 0 Å². The Hall–Kier alpha value is -0.610. The number of hydrogen-bond donors (Lipinski definition) is 1. The number of carbonyl (C=O) groups is 1. The summed E-state index contributed by atoms with van der Waals surface area (Å²) in [6.45, 7) is 4.27. The minimum absolute atomic E-state index is 0.0324. The number of esters is 1. The van der Waals surface area contributed by atoms with E-state index in [1.165, 1.54) is 25.7 Å². The van der Waals surface area contributed by atoms with E-state index < -0.39 is 5.54 Å². The maximum Gasteiger partial charge on any atom is 0.327 e. The lowest BCUT2D eigenvalue weighted by molar-refractivity contribution is -0.150. The third-order valence-corrected chi connectivity index (χ3v) is 4.09. The lowest BCUT2D eigenvalue weighted by Gasteiger charge is -2.28. The predicted molar refractivity (Wildman–Crippen MR) is 64.7 cm³/mol. The van der Waals surface area contributed by atoms with Crippen LogP contribution in [0.5, 0.6) is 0 Å². The second kappa shape index (κ2) is 4.25. The van der Waals surface area contributed by atoms with Gasteiger partial charge in [-0.1, -0.05) is 0 Å². The Labute approximate surface area is 103 Å². The van der Waals surface area contributed by atoms with Crippen LogP contribution in [0.15, 0.2) is 0 Å². The number of nitrogens with one attached hydrogen (secondary N) is 1. The number of hydrogen-bond acceptors (Lipinski definition) is 4. The molecule has 2 aliphatic carbocycles. The van der Waals surface area contributed by atoms with Gasteiger partial charge in [-0.25, -0.2) is 4.79 Å². The first-order valence-electron chi connectivity index (χ1n) is 6.92. The van der Waals surface area contributed by atoms with E-state index in [1.54, 1.807) is 0 Å². The highest BCUT2D eigenvalue weighted by Crippen LogP contribution is 2.36.